The highest BCUT2D eigenvalue weighted by Gasteiger charge is 2.24. The number of benzene rings is 1. The number of thiazole rings is 1. The van der Waals surface area contributed by atoms with E-state index < -0.39 is 0 Å². The van der Waals surface area contributed by atoms with Gasteiger partial charge in [0.2, 0.25) is 0 Å². The number of hydrogen-bond donors (Lipinski definition) is 1. The minimum atomic E-state index is 0.495. The minimum Gasteiger partial charge on any atom is -0.312 e. The molecule has 2 nitrogen and oxygen atoms in total. The Hall–Kier alpha value is -1.23. The Balaban J connectivity index is 1.85. The summed E-state index contributed by atoms with van der Waals surface area (Å²) in [5.74, 6) is 0. The predicted molar refractivity (Wildman–Crippen MR) is 87.7 cm³/mol. The maximum atomic E-state index is 4.93. The Morgan fingerprint density at radius 3 is 3.10 bits per heavy atom. The Morgan fingerprint density at radius 1 is 1.30 bits per heavy atom. The lowest BCUT2D eigenvalue weighted by Gasteiger charge is -2.19. The highest BCUT2D eigenvalue weighted by molar-refractivity contribution is 7.19. The van der Waals surface area contributed by atoms with Gasteiger partial charge in [0.25, 0.3) is 0 Å². The fourth-order valence-electron chi connectivity index (χ4n) is 2.95. The zero-order chi connectivity index (χ0) is 13.5. The van der Waals surface area contributed by atoms with Crippen LogP contribution in [0.4, 0.5) is 0 Å². The average molecular weight is 300 g/mol. The molecule has 0 saturated heterocycles. The van der Waals surface area contributed by atoms with Crippen LogP contribution in [0, 0.1) is 0 Å². The highest BCUT2D eigenvalue weighted by atomic mass is 32.1. The number of nitrogens with zero attached hydrogens (tertiary/aromatic N) is 1. The molecule has 3 aromatic rings. The van der Waals surface area contributed by atoms with Crippen LogP contribution >= 0.6 is 22.7 Å². The van der Waals surface area contributed by atoms with Crippen LogP contribution < -0.4 is 5.32 Å². The average Bonchev–Trinajstić information content (AvgIpc) is 3.10. The maximum Gasteiger partial charge on any atom is 0.125 e. The van der Waals surface area contributed by atoms with E-state index in [2.05, 4.69) is 42.0 Å². The van der Waals surface area contributed by atoms with E-state index in [0.29, 0.717) is 6.04 Å². The fraction of sp³-hybridized carbons (Fsp3) is 0.312. The van der Waals surface area contributed by atoms with Gasteiger partial charge in [-0.15, -0.1) is 22.7 Å². The third kappa shape index (κ3) is 1.91. The second kappa shape index (κ2) is 4.95. The van der Waals surface area contributed by atoms with E-state index in [-0.39, 0.29) is 0 Å². The lowest BCUT2D eigenvalue weighted by Crippen LogP contribution is -2.19. The molecule has 1 aliphatic rings. The first-order chi connectivity index (χ1) is 9.86. The molecule has 1 N–H and O–H groups in total. The lowest BCUT2D eigenvalue weighted by atomic mass is 9.98. The molecular formula is C16H16N2S2. The second-order valence-corrected chi connectivity index (χ2v) is 7.15. The van der Waals surface area contributed by atoms with Crippen molar-refractivity contribution in [3.63, 3.8) is 0 Å². The Morgan fingerprint density at radius 2 is 2.20 bits per heavy atom. The van der Waals surface area contributed by atoms with Crippen molar-refractivity contribution in [1.82, 2.24) is 10.3 Å². The predicted octanol–water partition coefficient (Wildman–Crippen LogP) is 4.62. The van der Waals surface area contributed by atoms with Gasteiger partial charge < -0.3 is 5.32 Å². The Labute approximate surface area is 126 Å². The highest BCUT2D eigenvalue weighted by Crippen LogP contribution is 2.41. The summed E-state index contributed by atoms with van der Waals surface area (Å²) in [4.78, 5) is 6.37. The largest absolute Gasteiger partial charge is 0.312 e. The molecule has 0 radical (unpaired) electrons. The molecule has 1 aliphatic carbocycles. The van der Waals surface area contributed by atoms with Gasteiger partial charge in [-0.2, -0.15) is 0 Å². The molecule has 0 spiro atoms. The Kier molecular flexibility index (Phi) is 3.10. The topological polar surface area (TPSA) is 24.9 Å². The van der Waals surface area contributed by atoms with Crippen molar-refractivity contribution in [2.75, 3.05) is 7.05 Å². The standard InChI is InChI=1S/C16H16N2S2/c1-17-12-6-4-7-13-15(12)20-16(18-13)11-9-19-14-8-3-2-5-10(11)14/h2-3,5,8-9,12,17H,4,6-7H2,1H3. The molecule has 4 heteroatoms. The van der Waals surface area contributed by atoms with Gasteiger partial charge in [0.1, 0.15) is 5.01 Å². The van der Waals surface area contributed by atoms with Crippen LogP contribution in [-0.4, -0.2) is 12.0 Å². The van der Waals surface area contributed by atoms with E-state index in [4.69, 9.17) is 4.98 Å². The molecule has 0 bridgehead atoms. The Bertz CT molecular complexity index is 757. The van der Waals surface area contributed by atoms with Crippen LogP contribution in [-0.2, 0) is 6.42 Å². The summed E-state index contributed by atoms with van der Waals surface area (Å²) in [5, 5.41) is 8.21. The van der Waals surface area contributed by atoms with Gasteiger partial charge >= 0.3 is 0 Å². The normalized spacial score (nSPS) is 18.4. The second-order valence-electron chi connectivity index (χ2n) is 5.21. The van der Waals surface area contributed by atoms with Crippen LogP contribution in [0.5, 0.6) is 0 Å². The first-order valence-electron chi connectivity index (χ1n) is 7.00. The fourth-order valence-corrected chi connectivity index (χ4v) is 5.26. The van der Waals surface area contributed by atoms with Gasteiger partial charge in [0.15, 0.2) is 0 Å². The molecular weight excluding hydrogens is 284 g/mol. The summed E-state index contributed by atoms with van der Waals surface area (Å²) in [6.07, 6.45) is 3.60. The van der Waals surface area contributed by atoms with E-state index in [1.807, 2.05) is 22.7 Å². The molecule has 0 saturated carbocycles. The van der Waals surface area contributed by atoms with Crippen molar-refractivity contribution in [3.05, 3.63) is 40.2 Å². The number of aryl methyl sites for hydroxylation is 1. The van der Waals surface area contributed by atoms with Gasteiger partial charge in [-0.05, 0) is 32.4 Å². The van der Waals surface area contributed by atoms with Crippen molar-refractivity contribution < 1.29 is 0 Å². The summed E-state index contributed by atoms with van der Waals surface area (Å²) in [5.41, 5.74) is 2.62. The van der Waals surface area contributed by atoms with Gasteiger partial charge in [-0.25, -0.2) is 4.98 Å². The van der Waals surface area contributed by atoms with E-state index in [1.165, 1.54) is 44.1 Å². The van der Waals surface area contributed by atoms with Crippen molar-refractivity contribution in [3.8, 4) is 10.6 Å². The monoisotopic (exact) mass is 300 g/mol. The summed E-state index contributed by atoms with van der Waals surface area (Å²) < 4.78 is 1.35. The molecule has 20 heavy (non-hydrogen) atoms. The molecule has 1 atom stereocenters. The summed E-state index contributed by atoms with van der Waals surface area (Å²) in [7, 11) is 2.05. The molecule has 2 heterocycles. The van der Waals surface area contributed by atoms with Crippen molar-refractivity contribution in [1.29, 1.82) is 0 Å². The van der Waals surface area contributed by atoms with E-state index in [0.717, 1.165) is 6.42 Å². The summed E-state index contributed by atoms with van der Waals surface area (Å²) in [6.45, 7) is 0. The third-order valence-corrected chi connectivity index (χ3v) is 6.22. The van der Waals surface area contributed by atoms with Gasteiger partial charge in [0, 0.05) is 31.9 Å². The van der Waals surface area contributed by atoms with Crippen LogP contribution in [0.3, 0.4) is 0 Å². The third-order valence-electron chi connectivity index (χ3n) is 4.01. The summed E-state index contributed by atoms with van der Waals surface area (Å²) >= 11 is 3.69. The van der Waals surface area contributed by atoms with Gasteiger partial charge in [0.05, 0.1) is 5.69 Å². The number of fused-ring (bicyclic) bond motifs is 2. The summed E-state index contributed by atoms with van der Waals surface area (Å²) in [6, 6.07) is 9.11. The van der Waals surface area contributed by atoms with Crippen LogP contribution in [0.25, 0.3) is 20.7 Å². The van der Waals surface area contributed by atoms with Crippen LogP contribution in [0.2, 0.25) is 0 Å². The van der Waals surface area contributed by atoms with Crippen molar-refractivity contribution in [2.45, 2.75) is 25.3 Å². The zero-order valence-electron chi connectivity index (χ0n) is 11.3. The van der Waals surface area contributed by atoms with Crippen molar-refractivity contribution >= 4 is 32.8 Å². The van der Waals surface area contributed by atoms with E-state index >= 15 is 0 Å². The van der Waals surface area contributed by atoms with Crippen molar-refractivity contribution in [2.24, 2.45) is 0 Å². The molecule has 0 amide bonds. The number of rotatable bonds is 2. The first-order valence-corrected chi connectivity index (χ1v) is 8.70. The lowest BCUT2D eigenvalue weighted by molar-refractivity contribution is 0.501. The number of thiophene rings is 1. The molecule has 0 aliphatic heterocycles. The molecule has 2 aromatic heterocycles. The SMILES string of the molecule is CNC1CCCc2nc(-c3csc4ccccc34)sc21. The molecule has 102 valence electrons. The zero-order valence-corrected chi connectivity index (χ0v) is 13.0. The van der Waals surface area contributed by atoms with E-state index in [9.17, 15) is 0 Å². The van der Waals surface area contributed by atoms with Gasteiger partial charge in [-0.3, -0.25) is 0 Å². The maximum absolute atomic E-state index is 4.93. The molecule has 4 rings (SSSR count). The quantitative estimate of drug-likeness (QED) is 0.747. The van der Waals surface area contributed by atoms with Gasteiger partial charge in [-0.1, -0.05) is 18.2 Å². The molecule has 1 aromatic carbocycles. The number of hydrogen-bond acceptors (Lipinski definition) is 4. The number of nitrogens with one attached hydrogen (secondary N) is 1. The molecule has 0 fully saturated rings. The smallest absolute Gasteiger partial charge is 0.125 e. The van der Waals surface area contributed by atoms with Crippen LogP contribution in [0.1, 0.15) is 29.5 Å². The van der Waals surface area contributed by atoms with Crippen LogP contribution in [0.15, 0.2) is 29.6 Å². The van der Waals surface area contributed by atoms with E-state index in [1.54, 1.807) is 0 Å². The minimum absolute atomic E-state index is 0.495. The number of aromatic nitrogens is 1. The molecule has 1 unspecified atom stereocenters. The first kappa shape index (κ1) is 12.5.